The lowest BCUT2D eigenvalue weighted by Crippen LogP contribution is -2.56. The summed E-state index contributed by atoms with van der Waals surface area (Å²) in [4.78, 5) is 25.3. The van der Waals surface area contributed by atoms with Crippen molar-refractivity contribution in [1.29, 1.82) is 0 Å². The van der Waals surface area contributed by atoms with E-state index in [0.29, 0.717) is 19.5 Å². The lowest BCUT2D eigenvalue weighted by atomic mass is 9.72. The molecule has 27 heavy (non-hydrogen) atoms. The van der Waals surface area contributed by atoms with Crippen molar-refractivity contribution in [3.8, 4) is 0 Å². The maximum Gasteiger partial charge on any atom is 0.335 e. The van der Waals surface area contributed by atoms with Crippen LogP contribution in [-0.2, 0) is 17.8 Å². The summed E-state index contributed by atoms with van der Waals surface area (Å²) < 4.78 is 0. The van der Waals surface area contributed by atoms with Crippen LogP contribution in [0.4, 0.5) is 0 Å². The number of nitrogens with zero attached hydrogens (tertiary/aromatic N) is 1. The molecule has 6 heteroatoms. The van der Waals surface area contributed by atoms with Crippen LogP contribution in [0.5, 0.6) is 0 Å². The third-order valence-electron chi connectivity index (χ3n) is 5.23. The van der Waals surface area contributed by atoms with Gasteiger partial charge in [-0.2, -0.15) is 0 Å². The molecule has 1 saturated heterocycles. The van der Waals surface area contributed by atoms with Gasteiger partial charge in [-0.3, -0.25) is 9.69 Å². The van der Waals surface area contributed by atoms with Crippen molar-refractivity contribution in [3.05, 3.63) is 71.3 Å². The van der Waals surface area contributed by atoms with Gasteiger partial charge in [0.1, 0.15) is 5.41 Å². The quantitative estimate of drug-likeness (QED) is 0.723. The molecule has 2 aromatic carbocycles. The Bertz CT molecular complexity index is 822. The van der Waals surface area contributed by atoms with E-state index in [-0.39, 0.29) is 18.5 Å². The molecule has 3 rings (SSSR count). The fourth-order valence-corrected chi connectivity index (χ4v) is 3.78. The van der Waals surface area contributed by atoms with Gasteiger partial charge in [0, 0.05) is 19.6 Å². The minimum Gasteiger partial charge on any atom is -0.481 e. The highest BCUT2D eigenvalue weighted by molar-refractivity contribution is 5.87. The Morgan fingerprint density at radius 1 is 1.04 bits per heavy atom. The molecule has 0 spiro atoms. The third kappa shape index (κ3) is 4.18. The zero-order valence-electron chi connectivity index (χ0n) is 14.9. The number of benzene rings is 2. The summed E-state index contributed by atoms with van der Waals surface area (Å²) in [6.45, 7) is 1.20. The molecule has 2 aromatic rings. The first-order chi connectivity index (χ1) is 12.9. The van der Waals surface area contributed by atoms with Crippen molar-refractivity contribution in [3.63, 3.8) is 0 Å². The summed E-state index contributed by atoms with van der Waals surface area (Å²) in [5, 5.41) is 29.7. The van der Waals surface area contributed by atoms with Gasteiger partial charge in [-0.1, -0.05) is 42.5 Å². The minimum absolute atomic E-state index is 0.204. The molecular weight excluding hydrogens is 346 g/mol. The van der Waals surface area contributed by atoms with E-state index in [0.717, 1.165) is 11.1 Å². The van der Waals surface area contributed by atoms with Crippen LogP contribution >= 0.6 is 0 Å². The highest BCUT2D eigenvalue weighted by Gasteiger charge is 2.49. The predicted molar refractivity (Wildman–Crippen MR) is 99.5 cm³/mol. The molecule has 1 aliphatic rings. The average molecular weight is 369 g/mol. The van der Waals surface area contributed by atoms with Gasteiger partial charge in [0.25, 0.3) is 0 Å². The van der Waals surface area contributed by atoms with E-state index in [1.165, 1.54) is 6.07 Å². The van der Waals surface area contributed by atoms with Crippen molar-refractivity contribution < 1.29 is 24.9 Å². The monoisotopic (exact) mass is 369 g/mol. The van der Waals surface area contributed by atoms with Gasteiger partial charge in [0.15, 0.2) is 0 Å². The van der Waals surface area contributed by atoms with Crippen LogP contribution in [0.25, 0.3) is 0 Å². The summed E-state index contributed by atoms with van der Waals surface area (Å²) in [7, 11) is 0. The SMILES string of the molecule is O=C(O)c1cccc(CN2CC[C@@H](O)[C@](Cc3ccccc3)(C(=O)O)C2)c1. The molecule has 0 radical (unpaired) electrons. The highest BCUT2D eigenvalue weighted by atomic mass is 16.4. The first-order valence-corrected chi connectivity index (χ1v) is 8.91. The largest absolute Gasteiger partial charge is 0.481 e. The van der Waals surface area contributed by atoms with Crippen molar-refractivity contribution in [2.45, 2.75) is 25.5 Å². The summed E-state index contributed by atoms with van der Waals surface area (Å²) in [5.74, 6) is -2.00. The predicted octanol–water partition coefficient (Wildman–Crippen LogP) is 2.27. The topological polar surface area (TPSA) is 98.1 Å². The lowest BCUT2D eigenvalue weighted by molar-refractivity contribution is -0.163. The zero-order valence-corrected chi connectivity index (χ0v) is 14.9. The van der Waals surface area contributed by atoms with Crippen LogP contribution in [0.2, 0.25) is 0 Å². The van der Waals surface area contributed by atoms with Gasteiger partial charge in [-0.25, -0.2) is 4.79 Å². The number of rotatable bonds is 6. The Hall–Kier alpha value is -2.70. The average Bonchev–Trinajstić information content (AvgIpc) is 2.65. The fraction of sp³-hybridized carbons (Fsp3) is 0.333. The number of aromatic carboxylic acids is 1. The van der Waals surface area contributed by atoms with E-state index in [2.05, 4.69) is 0 Å². The highest BCUT2D eigenvalue weighted by Crippen LogP contribution is 2.35. The van der Waals surface area contributed by atoms with E-state index in [1.807, 2.05) is 41.3 Å². The molecule has 1 fully saturated rings. The molecular formula is C21H23NO5. The van der Waals surface area contributed by atoms with Crippen molar-refractivity contribution >= 4 is 11.9 Å². The van der Waals surface area contributed by atoms with E-state index in [1.54, 1.807) is 12.1 Å². The van der Waals surface area contributed by atoms with E-state index >= 15 is 0 Å². The van der Waals surface area contributed by atoms with E-state index < -0.39 is 23.5 Å². The fourth-order valence-electron chi connectivity index (χ4n) is 3.78. The standard InChI is InChI=1S/C21H23NO5/c23-18-9-10-22(13-16-7-4-8-17(11-16)19(24)25)14-21(18,20(26)27)12-15-5-2-1-3-6-15/h1-8,11,18,23H,9-10,12-14H2,(H,24,25)(H,26,27)/t18-,21-/m1/s1. The molecule has 3 N–H and O–H groups in total. The number of carbonyl (C=O) groups is 2. The van der Waals surface area contributed by atoms with E-state index in [9.17, 15) is 19.8 Å². The van der Waals surface area contributed by atoms with Gasteiger partial charge in [-0.05, 0) is 36.1 Å². The summed E-state index contributed by atoms with van der Waals surface area (Å²) in [5.41, 5.74) is 0.599. The second-order valence-corrected chi connectivity index (χ2v) is 7.14. The molecule has 1 heterocycles. The third-order valence-corrected chi connectivity index (χ3v) is 5.23. The Morgan fingerprint density at radius 3 is 2.41 bits per heavy atom. The Labute approximate surface area is 157 Å². The summed E-state index contributed by atoms with van der Waals surface area (Å²) >= 11 is 0. The Balaban J connectivity index is 1.82. The second-order valence-electron chi connectivity index (χ2n) is 7.14. The van der Waals surface area contributed by atoms with Crippen molar-refractivity contribution in [2.24, 2.45) is 5.41 Å². The first-order valence-electron chi connectivity index (χ1n) is 8.91. The van der Waals surface area contributed by atoms with Crippen LogP contribution in [0.1, 0.15) is 27.9 Å². The summed E-state index contributed by atoms with van der Waals surface area (Å²) in [6.07, 6.45) is -0.329. The number of carboxylic acid groups (broad SMARTS) is 2. The molecule has 0 aliphatic carbocycles. The number of carboxylic acids is 2. The van der Waals surface area contributed by atoms with Gasteiger partial charge in [0.05, 0.1) is 11.7 Å². The molecule has 0 aromatic heterocycles. The molecule has 0 bridgehead atoms. The molecule has 2 atom stereocenters. The van der Waals surface area contributed by atoms with Gasteiger partial charge < -0.3 is 15.3 Å². The maximum atomic E-state index is 12.2. The van der Waals surface area contributed by atoms with Crippen molar-refractivity contribution in [1.82, 2.24) is 4.90 Å². The lowest BCUT2D eigenvalue weighted by Gasteiger charge is -2.43. The number of piperidine rings is 1. The van der Waals surface area contributed by atoms with Crippen molar-refractivity contribution in [2.75, 3.05) is 13.1 Å². The van der Waals surface area contributed by atoms with Crippen LogP contribution in [0.15, 0.2) is 54.6 Å². The number of likely N-dealkylation sites (tertiary alicyclic amines) is 1. The number of aliphatic hydroxyl groups is 1. The van der Waals surface area contributed by atoms with Crippen LogP contribution in [-0.4, -0.2) is 51.4 Å². The maximum absolute atomic E-state index is 12.2. The normalized spacial score (nSPS) is 23.1. The number of hydrogen-bond acceptors (Lipinski definition) is 4. The van der Waals surface area contributed by atoms with Crippen LogP contribution in [0.3, 0.4) is 0 Å². The summed E-state index contributed by atoms with van der Waals surface area (Å²) in [6, 6.07) is 16.0. The molecule has 6 nitrogen and oxygen atoms in total. The van der Waals surface area contributed by atoms with Gasteiger partial charge in [0.2, 0.25) is 0 Å². The number of aliphatic hydroxyl groups excluding tert-OH is 1. The van der Waals surface area contributed by atoms with Gasteiger partial charge >= 0.3 is 11.9 Å². The number of aliphatic carboxylic acids is 1. The van der Waals surface area contributed by atoms with Crippen LogP contribution in [0, 0.1) is 5.41 Å². The molecule has 0 unspecified atom stereocenters. The minimum atomic E-state index is -1.29. The van der Waals surface area contributed by atoms with E-state index in [4.69, 9.17) is 5.11 Å². The first kappa shape index (κ1) is 19.1. The molecule has 0 saturated carbocycles. The Morgan fingerprint density at radius 2 is 1.74 bits per heavy atom. The second kappa shape index (κ2) is 7.90. The zero-order chi connectivity index (χ0) is 19.4. The molecule has 1 aliphatic heterocycles. The van der Waals surface area contributed by atoms with Crippen LogP contribution < -0.4 is 0 Å². The smallest absolute Gasteiger partial charge is 0.335 e. The Kier molecular flexibility index (Phi) is 5.58. The molecule has 0 amide bonds. The van der Waals surface area contributed by atoms with Gasteiger partial charge in [-0.15, -0.1) is 0 Å². The molecule has 142 valence electrons. The number of hydrogen-bond donors (Lipinski definition) is 3.